The van der Waals surface area contributed by atoms with E-state index in [-0.39, 0.29) is 31.4 Å². The van der Waals surface area contributed by atoms with Crippen LogP contribution >= 0.6 is 0 Å². The van der Waals surface area contributed by atoms with Gasteiger partial charge in [-0.15, -0.1) is 0 Å². The first-order chi connectivity index (χ1) is 12.1. The van der Waals surface area contributed by atoms with E-state index in [0.717, 1.165) is 0 Å². The van der Waals surface area contributed by atoms with Gasteiger partial charge in [0.2, 0.25) is 0 Å². The van der Waals surface area contributed by atoms with Crippen LogP contribution in [0.2, 0.25) is 0 Å². The summed E-state index contributed by atoms with van der Waals surface area (Å²) in [6, 6.07) is 13.2. The highest BCUT2D eigenvalue weighted by atomic mass is 16.5. The molecule has 0 saturated carbocycles. The molecule has 2 aromatic rings. The summed E-state index contributed by atoms with van der Waals surface area (Å²) in [4.78, 5) is 36.4. The molecule has 5 heteroatoms. The van der Waals surface area contributed by atoms with Crippen LogP contribution in [0.15, 0.2) is 48.5 Å². The van der Waals surface area contributed by atoms with Gasteiger partial charge in [-0.25, -0.2) is 4.79 Å². The van der Waals surface area contributed by atoms with E-state index in [1.807, 2.05) is 0 Å². The number of carbonyl (C=O) groups excluding carboxylic acids is 3. The maximum atomic E-state index is 12.8. The zero-order chi connectivity index (χ0) is 18.2. The van der Waals surface area contributed by atoms with E-state index in [1.165, 1.54) is 6.07 Å². The summed E-state index contributed by atoms with van der Waals surface area (Å²) in [7, 11) is 0. The number of ether oxygens (including phenoxy) is 2. The van der Waals surface area contributed by atoms with Crippen molar-refractivity contribution in [2.24, 2.45) is 0 Å². The molecule has 0 aliphatic rings. The van der Waals surface area contributed by atoms with Crippen LogP contribution in [0, 0.1) is 0 Å². The van der Waals surface area contributed by atoms with Gasteiger partial charge in [0, 0.05) is 11.1 Å². The fourth-order valence-electron chi connectivity index (χ4n) is 2.42. The molecule has 130 valence electrons. The standard InChI is InChI=1S/C20H20O5/c1-3-24-18(21)13-14-8-5-6-11-17(14)19(22)15-9-7-10-16(12-15)20(23)25-4-2/h5-12H,3-4,13H2,1-2H3. The van der Waals surface area contributed by atoms with Crippen molar-refractivity contribution in [3.8, 4) is 0 Å². The third kappa shape index (κ3) is 4.76. The van der Waals surface area contributed by atoms with Gasteiger partial charge in [0.1, 0.15) is 0 Å². The fraction of sp³-hybridized carbons (Fsp3) is 0.250. The molecule has 2 rings (SSSR count). The van der Waals surface area contributed by atoms with Gasteiger partial charge < -0.3 is 9.47 Å². The van der Waals surface area contributed by atoms with Crippen molar-refractivity contribution in [2.75, 3.05) is 13.2 Å². The van der Waals surface area contributed by atoms with Crippen LogP contribution in [-0.4, -0.2) is 30.9 Å². The van der Waals surface area contributed by atoms with Crippen LogP contribution in [0.25, 0.3) is 0 Å². The summed E-state index contributed by atoms with van der Waals surface area (Å²) in [5.41, 5.74) is 1.68. The lowest BCUT2D eigenvalue weighted by atomic mass is 9.96. The fourth-order valence-corrected chi connectivity index (χ4v) is 2.42. The largest absolute Gasteiger partial charge is 0.466 e. The van der Waals surface area contributed by atoms with Gasteiger partial charge in [-0.3, -0.25) is 9.59 Å². The summed E-state index contributed by atoms with van der Waals surface area (Å²) in [5.74, 6) is -1.12. The van der Waals surface area contributed by atoms with Crippen molar-refractivity contribution in [2.45, 2.75) is 20.3 Å². The predicted molar refractivity (Wildman–Crippen MR) is 92.6 cm³/mol. The Hall–Kier alpha value is -2.95. The number of carbonyl (C=O) groups is 3. The number of rotatable bonds is 7. The molecule has 0 aliphatic heterocycles. The van der Waals surface area contributed by atoms with E-state index >= 15 is 0 Å². The summed E-state index contributed by atoms with van der Waals surface area (Å²) in [6.45, 7) is 4.00. The average molecular weight is 340 g/mol. The third-order valence-corrected chi connectivity index (χ3v) is 3.54. The summed E-state index contributed by atoms with van der Waals surface area (Å²) in [6.07, 6.45) is 0.0212. The van der Waals surface area contributed by atoms with Gasteiger partial charge in [0.25, 0.3) is 0 Å². The first-order valence-electron chi connectivity index (χ1n) is 8.12. The maximum Gasteiger partial charge on any atom is 0.338 e. The van der Waals surface area contributed by atoms with Crippen molar-refractivity contribution >= 4 is 17.7 Å². The van der Waals surface area contributed by atoms with Crippen molar-refractivity contribution in [1.82, 2.24) is 0 Å². The first kappa shape index (κ1) is 18.4. The van der Waals surface area contributed by atoms with Crippen LogP contribution in [0.4, 0.5) is 0 Å². The molecule has 0 fully saturated rings. The minimum atomic E-state index is -0.475. The van der Waals surface area contributed by atoms with Crippen LogP contribution in [-0.2, 0) is 20.7 Å². The molecular weight excluding hydrogens is 320 g/mol. The molecule has 0 saturated heterocycles. The van der Waals surface area contributed by atoms with Gasteiger partial charge in [0.15, 0.2) is 5.78 Å². The van der Waals surface area contributed by atoms with E-state index in [2.05, 4.69) is 0 Å². The highest BCUT2D eigenvalue weighted by Gasteiger charge is 2.17. The van der Waals surface area contributed by atoms with Gasteiger partial charge in [-0.05, 0) is 31.5 Å². The number of ketones is 1. The van der Waals surface area contributed by atoms with Crippen LogP contribution < -0.4 is 0 Å². The smallest absolute Gasteiger partial charge is 0.338 e. The monoisotopic (exact) mass is 340 g/mol. The predicted octanol–water partition coefficient (Wildman–Crippen LogP) is 3.20. The molecule has 0 spiro atoms. The molecule has 0 atom stereocenters. The van der Waals surface area contributed by atoms with Crippen molar-refractivity contribution in [1.29, 1.82) is 0 Å². The van der Waals surface area contributed by atoms with E-state index in [4.69, 9.17) is 9.47 Å². The van der Waals surface area contributed by atoms with E-state index in [0.29, 0.717) is 22.3 Å². The topological polar surface area (TPSA) is 69.7 Å². The Kier molecular flexibility index (Phi) is 6.46. The summed E-state index contributed by atoms with van der Waals surface area (Å²) in [5, 5.41) is 0. The minimum Gasteiger partial charge on any atom is -0.466 e. The molecular formula is C20H20O5. The normalized spacial score (nSPS) is 10.2. The average Bonchev–Trinajstić information content (AvgIpc) is 2.62. The van der Waals surface area contributed by atoms with E-state index in [9.17, 15) is 14.4 Å². The van der Waals surface area contributed by atoms with E-state index in [1.54, 1.807) is 56.3 Å². The Morgan fingerprint density at radius 3 is 2.24 bits per heavy atom. The molecule has 0 radical (unpaired) electrons. The Bertz CT molecular complexity index is 779. The van der Waals surface area contributed by atoms with Crippen LogP contribution in [0.1, 0.15) is 45.7 Å². The third-order valence-electron chi connectivity index (χ3n) is 3.54. The molecule has 0 heterocycles. The Balaban J connectivity index is 2.31. The Morgan fingerprint density at radius 1 is 0.840 bits per heavy atom. The molecule has 0 N–H and O–H groups in total. The molecule has 0 bridgehead atoms. The van der Waals surface area contributed by atoms with Gasteiger partial charge in [-0.2, -0.15) is 0 Å². The van der Waals surface area contributed by atoms with Crippen LogP contribution in [0.5, 0.6) is 0 Å². The van der Waals surface area contributed by atoms with Gasteiger partial charge >= 0.3 is 11.9 Å². The molecule has 5 nitrogen and oxygen atoms in total. The lowest BCUT2D eigenvalue weighted by molar-refractivity contribution is -0.142. The second-order valence-electron chi connectivity index (χ2n) is 5.27. The number of benzene rings is 2. The molecule has 0 aromatic heterocycles. The molecule has 0 aliphatic carbocycles. The lowest BCUT2D eigenvalue weighted by Crippen LogP contribution is -2.13. The minimum absolute atomic E-state index is 0.0212. The van der Waals surface area contributed by atoms with Crippen molar-refractivity contribution in [3.63, 3.8) is 0 Å². The summed E-state index contributed by atoms with van der Waals surface area (Å²) >= 11 is 0. The first-order valence-corrected chi connectivity index (χ1v) is 8.12. The molecule has 25 heavy (non-hydrogen) atoms. The highest BCUT2D eigenvalue weighted by Crippen LogP contribution is 2.17. The Morgan fingerprint density at radius 2 is 1.52 bits per heavy atom. The van der Waals surface area contributed by atoms with Crippen molar-refractivity contribution < 1.29 is 23.9 Å². The number of hydrogen-bond donors (Lipinski definition) is 0. The highest BCUT2D eigenvalue weighted by molar-refractivity contribution is 6.11. The number of hydrogen-bond acceptors (Lipinski definition) is 5. The van der Waals surface area contributed by atoms with Crippen molar-refractivity contribution in [3.05, 3.63) is 70.8 Å². The maximum absolute atomic E-state index is 12.8. The second-order valence-corrected chi connectivity index (χ2v) is 5.27. The van der Waals surface area contributed by atoms with Gasteiger partial charge in [-0.1, -0.05) is 36.4 Å². The Labute approximate surface area is 146 Å². The van der Waals surface area contributed by atoms with Crippen LogP contribution in [0.3, 0.4) is 0 Å². The quantitative estimate of drug-likeness (QED) is 0.572. The zero-order valence-electron chi connectivity index (χ0n) is 14.3. The SMILES string of the molecule is CCOC(=O)Cc1ccccc1C(=O)c1cccc(C(=O)OCC)c1. The lowest BCUT2D eigenvalue weighted by Gasteiger charge is -2.09. The second kappa shape index (κ2) is 8.78. The summed E-state index contributed by atoms with van der Waals surface area (Å²) < 4.78 is 9.91. The zero-order valence-corrected chi connectivity index (χ0v) is 14.3. The number of esters is 2. The van der Waals surface area contributed by atoms with E-state index < -0.39 is 5.97 Å². The molecule has 0 amide bonds. The molecule has 2 aromatic carbocycles. The van der Waals surface area contributed by atoms with Gasteiger partial charge in [0.05, 0.1) is 25.2 Å². The molecule has 0 unspecified atom stereocenters.